The molecule has 19 heavy (non-hydrogen) atoms. The van der Waals surface area contributed by atoms with E-state index in [2.05, 4.69) is 4.72 Å². The third kappa shape index (κ3) is 3.54. The van der Waals surface area contributed by atoms with Crippen molar-refractivity contribution < 1.29 is 17.9 Å². The van der Waals surface area contributed by atoms with Crippen molar-refractivity contribution in [2.75, 3.05) is 19.0 Å². The topological polar surface area (TPSA) is 64.6 Å². The molecule has 0 atom stereocenters. The van der Waals surface area contributed by atoms with Crippen molar-refractivity contribution >= 4 is 10.0 Å². The van der Waals surface area contributed by atoms with Crippen LogP contribution in [0.4, 0.5) is 0 Å². The predicted molar refractivity (Wildman–Crippen MR) is 72.0 cm³/mol. The molecule has 1 aliphatic heterocycles. The Morgan fingerprint density at radius 2 is 2.00 bits per heavy atom. The molecule has 0 bridgehead atoms. The molecule has 0 radical (unpaired) electrons. The fraction of sp³-hybridized carbons (Fsp3) is 0.538. The predicted octanol–water partition coefficient (Wildman–Crippen LogP) is 1.35. The number of rotatable bonds is 5. The van der Waals surface area contributed by atoms with Gasteiger partial charge in [-0.2, -0.15) is 0 Å². The molecular formula is C13H19NO4S. The van der Waals surface area contributed by atoms with Crippen LogP contribution < -0.4 is 4.72 Å². The Morgan fingerprint density at radius 3 is 2.63 bits per heavy atom. The summed E-state index contributed by atoms with van der Waals surface area (Å²) >= 11 is 0. The van der Waals surface area contributed by atoms with Crippen molar-refractivity contribution in [2.45, 2.75) is 26.2 Å². The average molecular weight is 285 g/mol. The van der Waals surface area contributed by atoms with Gasteiger partial charge in [-0.05, 0) is 25.5 Å². The molecule has 0 aliphatic carbocycles. The fourth-order valence-electron chi connectivity index (χ4n) is 1.94. The van der Waals surface area contributed by atoms with Gasteiger partial charge in [0.1, 0.15) is 0 Å². The van der Waals surface area contributed by atoms with E-state index in [4.69, 9.17) is 9.47 Å². The Labute approximate surface area is 114 Å². The third-order valence-corrected chi connectivity index (χ3v) is 4.51. The lowest BCUT2D eigenvalue weighted by Gasteiger charge is -2.23. The van der Waals surface area contributed by atoms with Gasteiger partial charge in [0, 0.05) is 12.1 Å². The van der Waals surface area contributed by atoms with Gasteiger partial charge in [-0.1, -0.05) is 18.2 Å². The lowest BCUT2D eigenvalue weighted by Crippen LogP contribution is -2.26. The summed E-state index contributed by atoms with van der Waals surface area (Å²) in [5.41, 5.74) is 1.79. The minimum absolute atomic E-state index is 0.0800. The molecule has 0 aromatic heterocycles. The van der Waals surface area contributed by atoms with Gasteiger partial charge in [-0.15, -0.1) is 0 Å². The highest BCUT2D eigenvalue weighted by molar-refractivity contribution is 7.89. The second kappa shape index (κ2) is 5.58. The van der Waals surface area contributed by atoms with Crippen LogP contribution >= 0.6 is 0 Å². The van der Waals surface area contributed by atoms with Gasteiger partial charge >= 0.3 is 0 Å². The van der Waals surface area contributed by atoms with Gasteiger partial charge in [-0.25, -0.2) is 13.1 Å². The Balaban J connectivity index is 2.11. The first-order chi connectivity index (χ1) is 8.95. The van der Waals surface area contributed by atoms with Crippen molar-refractivity contribution in [3.05, 3.63) is 35.4 Å². The second-order valence-electron chi connectivity index (χ2n) is 4.57. The normalized spacial score (nSPS) is 18.6. The molecule has 1 saturated heterocycles. The molecule has 0 spiro atoms. The number of hydrogen-bond acceptors (Lipinski definition) is 4. The number of benzene rings is 1. The Hall–Kier alpha value is -0.950. The summed E-state index contributed by atoms with van der Waals surface area (Å²) in [5, 5.41) is 0. The Morgan fingerprint density at radius 1 is 1.32 bits per heavy atom. The molecule has 1 fully saturated rings. The molecule has 5 nitrogen and oxygen atoms in total. The molecule has 1 aliphatic rings. The van der Waals surface area contributed by atoms with Crippen LogP contribution in [-0.2, 0) is 31.8 Å². The quantitative estimate of drug-likeness (QED) is 0.887. The maximum absolute atomic E-state index is 11.4. The van der Waals surface area contributed by atoms with Gasteiger partial charge in [0.15, 0.2) is 5.79 Å². The zero-order valence-electron chi connectivity index (χ0n) is 11.2. The average Bonchev–Trinajstić information content (AvgIpc) is 2.85. The van der Waals surface area contributed by atoms with E-state index >= 15 is 0 Å². The van der Waals surface area contributed by atoms with Crippen LogP contribution in [0.25, 0.3) is 0 Å². The Kier molecular flexibility index (Phi) is 4.25. The largest absolute Gasteiger partial charge is 0.344 e. The fourth-order valence-corrected chi connectivity index (χ4v) is 2.53. The van der Waals surface area contributed by atoms with E-state index in [-0.39, 0.29) is 12.3 Å². The number of nitrogens with one attached hydrogen (secondary N) is 1. The van der Waals surface area contributed by atoms with E-state index in [1.54, 1.807) is 6.92 Å². The van der Waals surface area contributed by atoms with Crippen LogP contribution in [-0.4, -0.2) is 27.4 Å². The lowest BCUT2D eigenvalue weighted by atomic mass is 10.0. The van der Waals surface area contributed by atoms with E-state index in [1.165, 1.54) is 0 Å². The molecule has 2 rings (SSSR count). The summed E-state index contributed by atoms with van der Waals surface area (Å²) in [7, 11) is -3.18. The molecule has 0 unspecified atom stereocenters. The van der Waals surface area contributed by atoms with Crippen LogP contribution in [0.2, 0.25) is 0 Å². The number of sulfonamides is 1. The van der Waals surface area contributed by atoms with Gasteiger partial charge in [0.25, 0.3) is 0 Å². The van der Waals surface area contributed by atoms with Crippen LogP contribution in [0.15, 0.2) is 24.3 Å². The first kappa shape index (κ1) is 14.5. The molecule has 1 N–H and O–H groups in total. The van der Waals surface area contributed by atoms with Crippen LogP contribution in [0.1, 0.15) is 25.0 Å². The molecule has 6 heteroatoms. The molecule has 1 aromatic carbocycles. The molecule has 0 amide bonds. The zero-order valence-corrected chi connectivity index (χ0v) is 12.0. The van der Waals surface area contributed by atoms with Crippen LogP contribution in [0, 0.1) is 0 Å². The first-order valence-electron chi connectivity index (χ1n) is 6.30. The number of hydrogen-bond donors (Lipinski definition) is 1. The van der Waals surface area contributed by atoms with Crippen molar-refractivity contribution in [1.82, 2.24) is 4.72 Å². The van der Waals surface area contributed by atoms with E-state index in [0.717, 1.165) is 11.1 Å². The summed E-state index contributed by atoms with van der Waals surface area (Å²) in [6.07, 6.45) is 0. The zero-order chi connectivity index (χ0) is 13.9. The SMILES string of the molecule is CCS(=O)(=O)NCc1cccc(C2(C)OCCO2)c1. The first-order valence-corrected chi connectivity index (χ1v) is 7.95. The summed E-state index contributed by atoms with van der Waals surface area (Å²) < 4.78 is 36.6. The van der Waals surface area contributed by atoms with Crippen LogP contribution in [0.5, 0.6) is 0 Å². The molecule has 1 aromatic rings. The monoisotopic (exact) mass is 285 g/mol. The standard InChI is InChI=1S/C13H19NO4S/c1-3-19(15,16)14-10-11-5-4-6-12(9-11)13(2)17-7-8-18-13/h4-6,9,14H,3,7-8,10H2,1-2H3. The summed E-state index contributed by atoms with van der Waals surface area (Å²) in [6, 6.07) is 7.58. The third-order valence-electron chi connectivity index (χ3n) is 3.17. The molecule has 106 valence electrons. The van der Waals surface area contributed by atoms with Gasteiger partial charge < -0.3 is 9.47 Å². The van der Waals surface area contributed by atoms with Crippen molar-refractivity contribution in [3.8, 4) is 0 Å². The smallest absolute Gasteiger partial charge is 0.211 e. The van der Waals surface area contributed by atoms with E-state index in [1.807, 2.05) is 31.2 Å². The van der Waals surface area contributed by atoms with E-state index in [0.29, 0.717) is 13.2 Å². The van der Waals surface area contributed by atoms with Crippen molar-refractivity contribution in [2.24, 2.45) is 0 Å². The van der Waals surface area contributed by atoms with E-state index < -0.39 is 15.8 Å². The van der Waals surface area contributed by atoms with Gasteiger partial charge in [0.05, 0.1) is 19.0 Å². The maximum atomic E-state index is 11.4. The molecular weight excluding hydrogens is 266 g/mol. The summed E-state index contributed by atoms with van der Waals surface area (Å²) in [6.45, 7) is 4.90. The highest BCUT2D eigenvalue weighted by Crippen LogP contribution is 2.31. The minimum atomic E-state index is -3.18. The van der Waals surface area contributed by atoms with Gasteiger partial charge in [-0.3, -0.25) is 0 Å². The van der Waals surface area contributed by atoms with Crippen molar-refractivity contribution in [3.63, 3.8) is 0 Å². The summed E-state index contributed by atoms with van der Waals surface area (Å²) in [5.74, 6) is -0.643. The molecule has 1 heterocycles. The Bertz CT molecular complexity index is 535. The summed E-state index contributed by atoms with van der Waals surface area (Å²) in [4.78, 5) is 0. The minimum Gasteiger partial charge on any atom is -0.344 e. The second-order valence-corrected chi connectivity index (χ2v) is 6.66. The lowest BCUT2D eigenvalue weighted by molar-refractivity contribution is -0.149. The molecule has 0 saturated carbocycles. The highest BCUT2D eigenvalue weighted by Gasteiger charge is 2.33. The maximum Gasteiger partial charge on any atom is 0.211 e. The van der Waals surface area contributed by atoms with Gasteiger partial charge in [0.2, 0.25) is 10.0 Å². The highest BCUT2D eigenvalue weighted by atomic mass is 32.2. The number of ether oxygens (including phenoxy) is 2. The van der Waals surface area contributed by atoms with Crippen LogP contribution in [0.3, 0.4) is 0 Å². The van der Waals surface area contributed by atoms with E-state index in [9.17, 15) is 8.42 Å². The van der Waals surface area contributed by atoms with Crippen molar-refractivity contribution in [1.29, 1.82) is 0 Å².